The summed E-state index contributed by atoms with van der Waals surface area (Å²) in [5, 5.41) is 1.56. The number of hydrogen-bond acceptors (Lipinski definition) is 2. The smallest absolute Gasteiger partial charge is 0.282 e. The highest BCUT2D eigenvalue weighted by Gasteiger charge is 2.47. The van der Waals surface area contributed by atoms with E-state index in [2.05, 4.69) is 31.4 Å². The lowest BCUT2D eigenvalue weighted by Gasteiger charge is -2.20. The first-order valence-electron chi connectivity index (χ1n) is 7.91. The first kappa shape index (κ1) is 14.8. The lowest BCUT2D eigenvalue weighted by Crippen LogP contribution is -2.27. The summed E-state index contributed by atoms with van der Waals surface area (Å²) in [4.78, 5) is 0.0149. The number of hydrogen-bond donors (Lipinski definition) is 1. The Labute approximate surface area is 136 Å². The molecule has 23 heavy (non-hydrogen) atoms. The molecule has 0 radical (unpaired) electrons. The lowest BCUT2D eigenvalue weighted by molar-refractivity contribution is -0.444. The van der Waals surface area contributed by atoms with E-state index in [4.69, 9.17) is 0 Å². The Bertz CT molecular complexity index is 1000. The van der Waals surface area contributed by atoms with E-state index in [-0.39, 0.29) is 10.3 Å². The molecule has 2 aromatic rings. The Morgan fingerprint density at radius 3 is 2.70 bits per heavy atom. The molecule has 0 aliphatic carbocycles. The minimum atomic E-state index is -4.27. The number of rotatable bonds is 1. The summed E-state index contributed by atoms with van der Waals surface area (Å²) in [6.07, 6.45) is 2.11. The summed E-state index contributed by atoms with van der Waals surface area (Å²) in [7, 11) is -4.27. The second-order valence-electron chi connectivity index (χ2n) is 7.05. The van der Waals surface area contributed by atoms with Crippen LogP contribution >= 0.6 is 0 Å². The summed E-state index contributed by atoms with van der Waals surface area (Å²) in [6.45, 7) is 7.36. The second kappa shape index (κ2) is 4.42. The highest BCUT2D eigenvalue weighted by atomic mass is 32.2. The van der Waals surface area contributed by atoms with E-state index in [0.717, 1.165) is 36.0 Å². The van der Waals surface area contributed by atoms with E-state index in [1.54, 1.807) is 6.07 Å². The van der Waals surface area contributed by atoms with Crippen LogP contribution in [0.2, 0.25) is 0 Å². The zero-order valence-corrected chi connectivity index (χ0v) is 14.4. The molecule has 0 bridgehead atoms. The van der Waals surface area contributed by atoms with Gasteiger partial charge in [-0.05, 0) is 37.8 Å². The van der Waals surface area contributed by atoms with Crippen molar-refractivity contribution < 1.29 is 17.5 Å². The predicted molar refractivity (Wildman–Crippen MR) is 90.6 cm³/mol. The molecule has 0 saturated carbocycles. The molecule has 5 heteroatoms. The Hall–Kier alpha value is -1.72. The molecule has 1 N–H and O–H groups in total. The maximum atomic E-state index is 11.9. The molecule has 0 aromatic heterocycles. The molecule has 2 aromatic carbocycles. The fraction of sp³-hybridized carbons (Fsp3) is 0.389. The van der Waals surface area contributed by atoms with Gasteiger partial charge in [0.1, 0.15) is 11.4 Å². The largest absolute Gasteiger partial charge is 0.295 e. The van der Waals surface area contributed by atoms with Crippen molar-refractivity contribution in [3.05, 3.63) is 35.4 Å². The van der Waals surface area contributed by atoms with Crippen LogP contribution in [-0.2, 0) is 22.0 Å². The van der Waals surface area contributed by atoms with E-state index in [1.165, 1.54) is 17.3 Å². The predicted octanol–water partition coefficient (Wildman–Crippen LogP) is 3.43. The third-order valence-corrected chi connectivity index (χ3v) is 6.39. The second-order valence-corrected chi connectivity index (χ2v) is 8.44. The van der Waals surface area contributed by atoms with Crippen LogP contribution < -0.4 is 0 Å². The minimum Gasteiger partial charge on any atom is -0.282 e. The SMILES string of the molecule is CC1=[N+]2CCCc3cc4cccc(S(=O)(=O)O)c4c(c32)C1(C)C. The first-order chi connectivity index (χ1) is 10.7. The highest BCUT2D eigenvalue weighted by Crippen LogP contribution is 2.49. The van der Waals surface area contributed by atoms with Crippen LogP contribution in [0.3, 0.4) is 0 Å². The maximum absolute atomic E-state index is 11.9. The van der Waals surface area contributed by atoms with Crippen molar-refractivity contribution >= 4 is 32.3 Å². The summed E-state index contributed by atoms with van der Waals surface area (Å²) in [5.41, 5.74) is 4.45. The van der Waals surface area contributed by atoms with Gasteiger partial charge in [-0.2, -0.15) is 13.0 Å². The van der Waals surface area contributed by atoms with Gasteiger partial charge < -0.3 is 0 Å². The Balaban J connectivity index is 2.26. The van der Waals surface area contributed by atoms with Gasteiger partial charge >= 0.3 is 0 Å². The van der Waals surface area contributed by atoms with Crippen LogP contribution in [0.5, 0.6) is 0 Å². The summed E-state index contributed by atoms with van der Waals surface area (Å²) in [6, 6.07) is 7.22. The summed E-state index contributed by atoms with van der Waals surface area (Å²) < 4.78 is 35.9. The molecule has 0 fully saturated rings. The Morgan fingerprint density at radius 2 is 2.00 bits per heavy atom. The van der Waals surface area contributed by atoms with E-state index in [1.807, 2.05) is 6.07 Å². The highest BCUT2D eigenvalue weighted by molar-refractivity contribution is 7.86. The Kier molecular flexibility index (Phi) is 2.86. The fourth-order valence-electron chi connectivity index (χ4n) is 4.19. The van der Waals surface area contributed by atoms with E-state index < -0.39 is 10.1 Å². The monoisotopic (exact) mass is 330 g/mol. The van der Waals surface area contributed by atoms with Crippen LogP contribution in [0, 0.1) is 0 Å². The van der Waals surface area contributed by atoms with Gasteiger partial charge in [-0.15, -0.1) is 0 Å². The van der Waals surface area contributed by atoms with Gasteiger partial charge in [-0.1, -0.05) is 12.1 Å². The molecule has 0 saturated heterocycles. The number of aryl methyl sites for hydroxylation is 1. The number of nitrogens with zero attached hydrogens (tertiary/aromatic N) is 1. The van der Waals surface area contributed by atoms with Crippen molar-refractivity contribution in [1.29, 1.82) is 0 Å². The molecule has 0 unspecified atom stereocenters. The van der Waals surface area contributed by atoms with Crippen molar-refractivity contribution in [2.75, 3.05) is 6.54 Å². The molecule has 120 valence electrons. The van der Waals surface area contributed by atoms with Crippen LogP contribution in [0.4, 0.5) is 5.69 Å². The van der Waals surface area contributed by atoms with Gasteiger partial charge in [-0.25, -0.2) is 0 Å². The van der Waals surface area contributed by atoms with Crippen molar-refractivity contribution in [3.8, 4) is 0 Å². The molecule has 0 amide bonds. The van der Waals surface area contributed by atoms with E-state index in [9.17, 15) is 13.0 Å². The topological polar surface area (TPSA) is 57.4 Å². The average molecular weight is 330 g/mol. The van der Waals surface area contributed by atoms with Gasteiger partial charge in [-0.3, -0.25) is 4.55 Å². The molecule has 2 aliphatic heterocycles. The molecular formula is C18H20NO3S+. The van der Waals surface area contributed by atoms with Gasteiger partial charge in [0.2, 0.25) is 5.69 Å². The number of fused-ring (bicyclic) bond motifs is 2. The Morgan fingerprint density at radius 1 is 1.26 bits per heavy atom. The van der Waals surface area contributed by atoms with Crippen LogP contribution in [0.15, 0.2) is 29.2 Å². The van der Waals surface area contributed by atoms with Gasteiger partial charge in [0.25, 0.3) is 10.1 Å². The molecule has 4 nitrogen and oxygen atoms in total. The normalized spacial score (nSPS) is 19.3. The average Bonchev–Trinajstić information content (AvgIpc) is 2.68. The fourth-order valence-corrected chi connectivity index (χ4v) is 4.91. The van der Waals surface area contributed by atoms with Crippen LogP contribution in [0.25, 0.3) is 10.8 Å². The lowest BCUT2D eigenvalue weighted by atomic mass is 9.78. The zero-order chi connectivity index (χ0) is 16.6. The molecular weight excluding hydrogens is 310 g/mol. The van der Waals surface area contributed by atoms with Gasteiger partial charge in [0.05, 0.1) is 5.41 Å². The minimum absolute atomic E-state index is 0.0149. The molecule has 0 spiro atoms. The third kappa shape index (κ3) is 1.86. The van der Waals surface area contributed by atoms with Crippen LogP contribution in [0.1, 0.15) is 38.3 Å². The maximum Gasteiger partial charge on any atom is 0.295 e. The van der Waals surface area contributed by atoms with E-state index >= 15 is 0 Å². The first-order valence-corrected chi connectivity index (χ1v) is 9.35. The summed E-state index contributed by atoms with van der Waals surface area (Å²) >= 11 is 0. The van der Waals surface area contributed by atoms with Crippen molar-refractivity contribution in [2.45, 2.75) is 43.9 Å². The van der Waals surface area contributed by atoms with Crippen molar-refractivity contribution in [2.24, 2.45) is 0 Å². The van der Waals surface area contributed by atoms with Gasteiger partial charge in [0.15, 0.2) is 5.71 Å². The zero-order valence-electron chi connectivity index (χ0n) is 13.5. The molecule has 4 rings (SSSR count). The van der Waals surface area contributed by atoms with Crippen LogP contribution in [-0.4, -0.2) is 29.8 Å². The van der Waals surface area contributed by atoms with Crippen molar-refractivity contribution in [3.63, 3.8) is 0 Å². The van der Waals surface area contributed by atoms with E-state index in [0.29, 0.717) is 5.39 Å². The molecule has 2 heterocycles. The molecule has 2 aliphatic rings. The summed E-state index contributed by atoms with van der Waals surface area (Å²) in [5.74, 6) is 0. The quantitative estimate of drug-likeness (QED) is 0.644. The van der Waals surface area contributed by atoms with Crippen molar-refractivity contribution in [1.82, 2.24) is 0 Å². The van der Waals surface area contributed by atoms with Gasteiger partial charge in [0, 0.05) is 29.9 Å². The third-order valence-electron chi connectivity index (χ3n) is 5.49. The number of benzene rings is 2. The molecule has 0 atom stereocenters. The standard InChI is InChI=1S/C18H19NO3S/c1-11-18(2,3)16-15-12(6-4-8-14(15)23(20,21)22)10-13-7-5-9-19(11)17(13)16/h4,6,8,10H,5,7,9H2,1-3H3/p+1.